The summed E-state index contributed by atoms with van der Waals surface area (Å²) in [5.41, 5.74) is 4.65. The molecule has 0 unspecified atom stereocenters. The van der Waals surface area contributed by atoms with E-state index in [1.54, 1.807) is 0 Å². The Kier molecular flexibility index (Phi) is 5.57. The van der Waals surface area contributed by atoms with E-state index in [1.165, 1.54) is 22.3 Å². The van der Waals surface area contributed by atoms with Gasteiger partial charge in [-0.05, 0) is 56.2 Å². The number of aliphatic hydroxyl groups is 2. The lowest BCUT2D eigenvalue weighted by Gasteiger charge is -2.33. The van der Waals surface area contributed by atoms with Crippen molar-refractivity contribution in [3.63, 3.8) is 0 Å². The van der Waals surface area contributed by atoms with Gasteiger partial charge in [0, 0.05) is 5.41 Å². The molecule has 0 amide bonds. The summed E-state index contributed by atoms with van der Waals surface area (Å²) in [4.78, 5) is 0. The van der Waals surface area contributed by atoms with Crippen LogP contribution in [0.4, 0.5) is 0 Å². The number of aryl methyl sites for hydroxylation is 3. The minimum Gasteiger partial charge on any atom is -0.396 e. The van der Waals surface area contributed by atoms with Crippen LogP contribution in [0.5, 0.6) is 0 Å². The predicted octanol–water partition coefficient (Wildman–Crippen LogP) is 3.17. The molecule has 0 aliphatic carbocycles. The molecule has 0 saturated heterocycles. The maximum Gasteiger partial charge on any atom is 0.0512 e. The maximum absolute atomic E-state index is 9.76. The molecule has 0 bridgehead atoms. The van der Waals surface area contributed by atoms with Crippen LogP contribution in [0.3, 0.4) is 0 Å². The molecule has 0 heterocycles. The average molecular weight is 264 g/mol. The van der Waals surface area contributed by atoms with Crippen LogP contribution >= 0.6 is 0 Å². The van der Waals surface area contributed by atoms with E-state index in [1.807, 2.05) is 0 Å². The van der Waals surface area contributed by atoms with Crippen LogP contribution in [-0.4, -0.2) is 23.4 Å². The van der Waals surface area contributed by atoms with Crippen molar-refractivity contribution < 1.29 is 10.2 Å². The van der Waals surface area contributed by atoms with Gasteiger partial charge in [0.15, 0.2) is 0 Å². The highest BCUT2D eigenvalue weighted by atomic mass is 16.3. The second-order valence-corrected chi connectivity index (χ2v) is 6.47. The topological polar surface area (TPSA) is 40.5 Å². The minimum absolute atomic E-state index is 0.0361. The lowest BCUT2D eigenvalue weighted by Crippen LogP contribution is -2.34. The fourth-order valence-corrected chi connectivity index (χ4v) is 3.09. The molecule has 0 aliphatic rings. The SMILES string of the molecule is Cc1cc(C)c(CC(CO)(CO)CC(C)C)c(C)c1. The van der Waals surface area contributed by atoms with E-state index in [2.05, 4.69) is 46.8 Å². The molecule has 1 rings (SSSR count). The standard InChI is InChI=1S/C17H28O2/c1-12(2)8-17(10-18,11-19)9-16-14(4)6-13(3)7-15(16)5/h6-7,12,18-19H,8-11H2,1-5H3. The fraction of sp³-hybridized carbons (Fsp3) is 0.647. The Hall–Kier alpha value is -0.860. The first kappa shape index (κ1) is 16.2. The smallest absolute Gasteiger partial charge is 0.0512 e. The van der Waals surface area contributed by atoms with Gasteiger partial charge < -0.3 is 10.2 Å². The average Bonchev–Trinajstić information content (AvgIpc) is 2.31. The van der Waals surface area contributed by atoms with Gasteiger partial charge in [-0.2, -0.15) is 0 Å². The summed E-state index contributed by atoms with van der Waals surface area (Å²) >= 11 is 0. The lowest BCUT2D eigenvalue weighted by molar-refractivity contribution is 0.0367. The highest BCUT2D eigenvalue weighted by molar-refractivity contribution is 5.38. The third-order valence-electron chi connectivity index (χ3n) is 3.90. The van der Waals surface area contributed by atoms with Crippen LogP contribution in [-0.2, 0) is 6.42 Å². The van der Waals surface area contributed by atoms with Gasteiger partial charge in [-0.25, -0.2) is 0 Å². The highest BCUT2D eigenvalue weighted by Crippen LogP contribution is 2.32. The Bertz CT molecular complexity index is 394. The van der Waals surface area contributed by atoms with Crippen molar-refractivity contribution in [1.82, 2.24) is 0 Å². The van der Waals surface area contributed by atoms with E-state index >= 15 is 0 Å². The van der Waals surface area contributed by atoms with Gasteiger partial charge in [-0.1, -0.05) is 31.5 Å². The minimum atomic E-state index is -0.404. The van der Waals surface area contributed by atoms with Gasteiger partial charge in [-0.3, -0.25) is 0 Å². The predicted molar refractivity (Wildman–Crippen MR) is 80.4 cm³/mol. The third-order valence-corrected chi connectivity index (χ3v) is 3.90. The summed E-state index contributed by atoms with van der Waals surface area (Å²) in [7, 11) is 0. The normalized spacial score (nSPS) is 12.2. The van der Waals surface area contributed by atoms with E-state index in [9.17, 15) is 10.2 Å². The molecular weight excluding hydrogens is 236 g/mol. The highest BCUT2D eigenvalue weighted by Gasteiger charge is 2.31. The Labute approximate surface area is 117 Å². The van der Waals surface area contributed by atoms with Crippen molar-refractivity contribution >= 4 is 0 Å². The van der Waals surface area contributed by atoms with Crippen LogP contribution in [0.15, 0.2) is 12.1 Å². The van der Waals surface area contributed by atoms with Crippen molar-refractivity contribution in [3.05, 3.63) is 34.4 Å². The quantitative estimate of drug-likeness (QED) is 0.828. The number of hydrogen-bond acceptors (Lipinski definition) is 2. The summed E-state index contributed by atoms with van der Waals surface area (Å²) in [5.74, 6) is 0.463. The first-order chi connectivity index (χ1) is 8.83. The molecule has 1 aromatic rings. The molecule has 1 aromatic carbocycles. The van der Waals surface area contributed by atoms with Crippen molar-refractivity contribution in [2.75, 3.05) is 13.2 Å². The number of aliphatic hydroxyl groups excluding tert-OH is 2. The fourth-order valence-electron chi connectivity index (χ4n) is 3.09. The van der Waals surface area contributed by atoms with E-state index in [0.29, 0.717) is 5.92 Å². The third kappa shape index (κ3) is 4.05. The number of hydrogen-bond donors (Lipinski definition) is 2. The zero-order valence-corrected chi connectivity index (χ0v) is 13.0. The molecule has 2 heteroatoms. The Morgan fingerprint density at radius 3 is 1.84 bits per heavy atom. The van der Waals surface area contributed by atoms with Crippen molar-refractivity contribution in [1.29, 1.82) is 0 Å². The van der Waals surface area contributed by atoms with Crippen LogP contribution < -0.4 is 0 Å². The molecule has 0 aliphatic heterocycles. The molecule has 0 atom stereocenters. The summed E-state index contributed by atoms with van der Waals surface area (Å²) in [6, 6.07) is 4.36. The summed E-state index contributed by atoms with van der Waals surface area (Å²) < 4.78 is 0. The summed E-state index contributed by atoms with van der Waals surface area (Å²) in [6.07, 6.45) is 1.59. The molecular formula is C17H28O2. The van der Waals surface area contributed by atoms with Gasteiger partial charge in [-0.15, -0.1) is 0 Å². The molecule has 19 heavy (non-hydrogen) atoms. The van der Waals surface area contributed by atoms with Gasteiger partial charge in [0.25, 0.3) is 0 Å². The zero-order valence-electron chi connectivity index (χ0n) is 13.0. The molecule has 0 aromatic heterocycles. The summed E-state index contributed by atoms with van der Waals surface area (Å²) in [5, 5.41) is 19.5. The molecule has 2 N–H and O–H groups in total. The van der Waals surface area contributed by atoms with E-state index < -0.39 is 5.41 Å². The second kappa shape index (κ2) is 6.53. The van der Waals surface area contributed by atoms with Gasteiger partial charge in [0.05, 0.1) is 13.2 Å². The van der Waals surface area contributed by atoms with E-state index in [-0.39, 0.29) is 13.2 Å². The van der Waals surface area contributed by atoms with Crippen LogP contribution in [0.2, 0.25) is 0 Å². The van der Waals surface area contributed by atoms with Gasteiger partial charge in [0.1, 0.15) is 0 Å². The second-order valence-electron chi connectivity index (χ2n) is 6.47. The maximum atomic E-state index is 9.76. The molecule has 0 radical (unpaired) electrons. The monoisotopic (exact) mass is 264 g/mol. The first-order valence-corrected chi connectivity index (χ1v) is 7.12. The molecule has 2 nitrogen and oxygen atoms in total. The molecule has 0 spiro atoms. The molecule has 0 fully saturated rings. The van der Waals surface area contributed by atoms with Crippen molar-refractivity contribution in [2.45, 2.75) is 47.5 Å². The Morgan fingerprint density at radius 2 is 1.47 bits per heavy atom. The van der Waals surface area contributed by atoms with Crippen LogP contribution in [0.1, 0.15) is 42.5 Å². The van der Waals surface area contributed by atoms with Gasteiger partial charge >= 0.3 is 0 Å². The lowest BCUT2D eigenvalue weighted by atomic mass is 9.75. The van der Waals surface area contributed by atoms with E-state index in [0.717, 1.165) is 12.8 Å². The number of benzene rings is 1. The van der Waals surface area contributed by atoms with Crippen LogP contribution in [0, 0.1) is 32.1 Å². The van der Waals surface area contributed by atoms with E-state index in [4.69, 9.17) is 0 Å². The Morgan fingerprint density at radius 1 is 1.00 bits per heavy atom. The van der Waals surface area contributed by atoms with Crippen LogP contribution in [0.25, 0.3) is 0 Å². The zero-order chi connectivity index (χ0) is 14.6. The molecule has 108 valence electrons. The van der Waals surface area contributed by atoms with Crippen molar-refractivity contribution in [2.24, 2.45) is 11.3 Å². The van der Waals surface area contributed by atoms with Gasteiger partial charge in [0.2, 0.25) is 0 Å². The largest absolute Gasteiger partial charge is 0.396 e. The first-order valence-electron chi connectivity index (χ1n) is 7.12. The number of rotatable bonds is 6. The van der Waals surface area contributed by atoms with Crippen molar-refractivity contribution in [3.8, 4) is 0 Å². The Balaban J connectivity index is 3.10. The summed E-state index contributed by atoms with van der Waals surface area (Å²) in [6.45, 7) is 10.7. The molecule has 0 saturated carbocycles.